The van der Waals surface area contributed by atoms with E-state index in [1.165, 1.54) is 30.5 Å². The Morgan fingerprint density at radius 1 is 1.35 bits per heavy atom. The second-order valence-corrected chi connectivity index (χ2v) is 8.83. The molecule has 2 aliphatic rings. The molecule has 1 aromatic heterocycles. The molecule has 1 aromatic rings. The van der Waals surface area contributed by atoms with Gasteiger partial charge in [0.05, 0.1) is 11.7 Å². The van der Waals surface area contributed by atoms with Gasteiger partial charge in [-0.3, -0.25) is 9.88 Å². The first-order chi connectivity index (χ1) is 12.3. The summed E-state index contributed by atoms with van der Waals surface area (Å²) in [5, 5.41) is 0. The van der Waals surface area contributed by atoms with Crippen molar-refractivity contribution in [1.82, 2.24) is 14.8 Å². The molecule has 0 aromatic carbocycles. The summed E-state index contributed by atoms with van der Waals surface area (Å²) in [7, 11) is 2.21. The van der Waals surface area contributed by atoms with Crippen LogP contribution in [0.5, 0.6) is 0 Å². The average molecular weight is 360 g/mol. The molecule has 0 bridgehead atoms. The summed E-state index contributed by atoms with van der Waals surface area (Å²) in [6, 6.07) is 4.66. The molecule has 1 aliphatic carbocycles. The molecule has 5 nitrogen and oxygen atoms in total. The van der Waals surface area contributed by atoms with Gasteiger partial charge in [0.15, 0.2) is 0 Å². The number of pyridine rings is 1. The molecule has 1 aliphatic heterocycles. The van der Waals surface area contributed by atoms with Gasteiger partial charge < -0.3 is 9.64 Å². The van der Waals surface area contributed by atoms with Gasteiger partial charge in [0.25, 0.3) is 0 Å². The van der Waals surface area contributed by atoms with Crippen molar-refractivity contribution in [1.29, 1.82) is 0 Å². The van der Waals surface area contributed by atoms with Gasteiger partial charge in [0.1, 0.15) is 5.60 Å². The molecule has 0 N–H and O–H groups in total. The third-order valence-electron chi connectivity index (χ3n) is 5.41. The Labute approximate surface area is 157 Å². The lowest BCUT2D eigenvalue weighted by atomic mass is 9.90. The van der Waals surface area contributed by atoms with Crippen molar-refractivity contribution >= 4 is 6.09 Å². The molecule has 2 atom stereocenters. The van der Waals surface area contributed by atoms with Crippen molar-refractivity contribution in [2.75, 3.05) is 26.7 Å². The number of likely N-dealkylation sites (tertiary alicyclic amines) is 1. The number of amides is 1. The van der Waals surface area contributed by atoms with Crippen LogP contribution < -0.4 is 0 Å². The van der Waals surface area contributed by atoms with Crippen LogP contribution in [0.3, 0.4) is 0 Å². The Hall–Kier alpha value is -1.62. The van der Waals surface area contributed by atoms with Gasteiger partial charge in [-0.05, 0) is 77.5 Å². The zero-order valence-corrected chi connectivity index (χ0v) is 16.7. The zero-order chi connectivity index (χ0) is 18.7. The largest absolute Gasteiger partial charge is 0.444 e. The van der Waals surface area contributed by atoms with Crippen LogP contribution in [0.15, 0.2) is 18.3 Å². The first kappa shape index (κ1) is 19.2. The van der Waals surface area contributed by atoms with Crippen LogP contribution in [0, 0.1) is 5.92 Å². The quantitative estimate of drug-likeness (QED) is 0.817. The number of hydrogen-bond acceptors (Lipinski definition) is 4. The van der Waals surface area contributed by atoms with Crippen molar-refractivity contribution in [3.8, 4) is 0 Å². The predicted octanol–water partition coefficient (Wildman–Crippen LogP) is 4.04. The van der Waals surface area contributed by atoms with Crippen LogP contribution >= 0.6 is 0 Å². The lowest BCUT2D eigenvalue weighted by Gasteiger charge is -2.38. The lowest BCUT2D eigenvalue weighted by Crippen LogP contribution is -2.45. The maximum Gasteiger partial charge on any atom is 0.410 e. The lowest BCUT2D eigenvalue weighted by molar-refractivity contribution is 0.0138. The second kappa shape index (κ2) is 7.95. The number of fused-ring (bicyclic) bond motifs is 1. The van der Waals surface area contributed by atoms with E-state index < -0.39 is 5.60 Å². The van der Waals surface area contributed by atoms with E-state index in [-0.39, 0.29) is 6.09 Å². The minimum absolute atomic E-state index is 0.172. The van der Waals surface area contributed by atoms with E-state index in [0.29, 0.717) is 12.0 Å². The van der Waals surface area contributed by atoms with Crippen LogP contribution in [-0.4, -0.2) is 53.2 Å². The fourth-order valence-electron chi connectivity index (χ4n) is 4.25. The molecule has 3 rings (SSSR count). The third kappa shape index (κ3) is 4.76. The zero-order valence-electron chi connectivity index (χ0n) is 16.7. The number of ether oxygens (including phenoxy) is 1. The third-order valence-corrected chi connectivity index (χ3v) is 5.41. The van der Waals surface area contributed by atoms with Crippen molar-refractivity contribution in [2.45, 2.75) is 64.5 Å². The number of piperidine rings is 1. The molecule has 1 saturated heterocycles. The Balaban J connectivity index is 1.59. The molecule has 2 unspecified atom stereocenters. The fourth-order valence-corrected chi connectivity index (χ4v) is 4.25. The van der Waals surface area contributed by atoms with Gasteiger partial charge in [-0.1, -0.05) is 6.07 Å². The molecule has 2 heterocycles. The maximum atomic E-state index is 12.4. The summed E-state index contributed by atoms with van der Waals surface area (Å²) in [6.07, 6.45) is 7.50. The molecule has 26 heavy (non-hydrogen) atoms. The highest BCUT2D eigenvalue weighted by atomic mass is 16.6. The Morgan fingerprint density at radius 2 is 2.15 bits per heavy atom. The Bertz CT molecular complexity index is 626. The molecule has 0 saturated carbocycles. The van der Waals surface area contributed by atoms with Crippen molar-refractivity contribution in [3.05, 3.63) is 29.6 Å². The summed E-state index contributed by atoms with van der Waals surface area (Å²) in [6.45, 7) is 8.37. The fraction of sp³-hybridized carbons (Fsp3) is 0.714. The first-order valence-electron chi connectivity index (χ1n) is 9.95. The number of rotatable bonds is 3. The van der Waals surface area contributed by atoms with Crippen molar-refractivity contribution in [3.63, 3.8) is 0 Å². The molecule has 5 heteroatoms. The van der Waals surface area contributed by atoms with Crippen LogP contribution in [0.2, 0.25) is 0 Å². The van der Waals surface area contributed by atoms with Gasteiger partial charge in [0, 0.05) is 25.8 Å². The van der Waals surface area contributed by atoms with Crippen LogP contribution in [0.1, 0.15) is 63.8 Å². The summed E-state index contributed by atoms with van der Waals surface area (Å²) in [5.41, 5.74) is 2.22. The Morgan fingerprint density at radius 3 is 2.92 bits per heavy atom. The number of carbonyl (C=O) groups is 1. The van der Waals surface area contributed by atoms with Gasteiger partial charge in [-0.15, -0.1) is 0 Å². The van der Waals surface area contributed by atoms with Gasteiger partial charge in [-0.2, -0.15) is 0 Å². The SMILES string of the molecule is CN(CC1CCCN(C(=O)OC(C)(C)C)C1)C1CCCc2cccnc21. The topological polar surface area (TPSA) is 45.7 Å². The normalized spacial score (nSPS) is 23.7. The summed E-state index contributed by atoms with van der Waals surface area (Å²) in [5.74, 6) is 0.496. The second-order valence-electron chi connectivity index (χ2n) is 8.83. The van der Waals surface area contributed by atoms with Crippen LogP contribution in [-0.2, 0) is 11.2 Å². The number of aryl methyl sites for hydroxylation is 1. The van der Waals surface area contributed by atoms with E-state index in [1.54, 1.807) is 0 Å². The number of nitrogens with zero attached hydrogens (tertiary/aromatic N) is 3. The molecule has 0 radical (unpaired) electrons. The number of carbonyl (C=O) groups excluding carboxylic acids is 1. The van der Waals surface area contributed by atoms with Crippen LogP contribution in [0.25, 0.3) is 0 Å². The molecule has 144 valence electrons. The molecule has 0 spiro atoms. The summed E-state index contributed by atoms with van der Waals surface area (Å²) in [4.78, 5) is 21.4. The maximum absolute atomic E-state index is 12.4. The molecular formula is C21H33N3O2. The van der Waals surface area contributed by atoms with E-state index in [1.807, 2.05) is 37.9 Å². The summed E-state index contributed by atoms with van der Waals surface area (Å²) >= 11 is 0. The van der Waals surface area contributed by atoms with Gasteiger partial charge >= 0.3 is 6.09 Å². The highest BCUT2D eigenvalue weighted by Gasteiger charge is 2.31. The van der Waals surface area contributed by atoms with Crippen molar-refractivity contribution < 1.29 is 9.53 Å². The van der Waals surface area contributed by atoms with E-state index >= 15 is 0 Å². The number of hydrogen-bond donors (Lipinski definition) is 0. The first-order valence-corrected chi connectivity index (χ1v) is 9.95. The highest BCUT2D eigenvalue weighted by molar-refractivity contribution is 5.68. The number of aromatic nitrogens is 1. The van der Waals surface area contributed by atoms with E-state index in [2.05, 4.69) is 23.0 Å². The monoisotopic (exact) mass is 359 g/mol. The van der Waals surface area contributed by atoms with Gasteiger partial charge in [0.2, 0.25) is 0 Å². The molecular weight excluding hydrogens is 326 g/mol. The average Bonchev–Trinajstić information content (AvgIpc) is 2.60. The predicted molar refractivity (Wildman–Crippen MR) is 103 cm³/mol. The van der Waals surface area contributed by atoms with E-state index in [0.717, 1.165) is 32.5 Å². The smallest absolute Gasteiger partial charge is 0.410 e. The minimum atomic E-state index is -0.432. The van der Waals surface area contributed by atoms with Crippen molar-refractivity contribution in [2.24, 2.45) is 5.92 Å². The highest BCUT2D eigenvalue weighted by Crippen LogP contribution is 2.33. The van der Waals surface area contributed by atoms with E-state index in [9.17, 15) is 4.79 Å². The Kier molecular flexibility index (Phi) is 5.86. The van der Waals surface area contributed by atoms with E-state index in [4.69, 9.17) is 4.74 Å². The summed E-state index contributed by atoms with van der Waals surface area (Å²) < 4.78 is 5.56. The van der Waals surface area contributed by atoms with Crippen LogP contribution in [0.4, 0.5) is 4.79 Å². The molecule has 1 fully saturated rings. The standard InChI is InChI=1S/C21H33N3O2/c1-21(2,3)26-20(25)24-13-7-8-16(15-24)14-23(4)18-11-5-9-17-10-6-12-22-19(17)18/h6,10,12,16,18H,5,7-9,11,13-15H2,1-4H3. The molecule has 1 amide bonds. The minimum Gasteiger partial charge on any atom is -0.444 e. The van der Waals surface area contributed by atoms with Gasteiger partial charge in [-0.25, -0.2) is 4.79 Å².